The predicted octanol–water partition coefficient (Wildman–Crippen LogP) is 3.87. The second-order valence-corrected chi connectivity index (χ2v) is 8.02. The van der Waals surface area contributed by atoms with Gasteiger partial charge in [-0.1, -0.05) is 37.1 Å². The lowest BCUT2D eigenvalue weighted by atomic mass is 9.77. The van der Waals surface area contributed by atoms with E-state index in [1.807, 2.05) is 48.5 Å². The maximum absolute atomic E-state index is 12.2. The molecule has 2 atom stereocenters. The minimum Gasteiger partial charge on any atom is -0.442 e. The number of benzene rings is 2. The average molecular weight is 420 g/mol. The van der Waals surface area contributed by atoms with Crippen LogP contribution in [0.4, 0.5) is 16.2 Å². The summed E-state index contributed by atoms with van der Waals surface area (Å²) in [6.45, 7) is 0. The highest BCUT2D eigenvalue weighted by molar-refractivity contribution is 6.06. The SMILES string of the molecule is CNC(=O)OC1CCCCCC2C(c3ccc(N)cc3)=NNC(c3ccc(N)cc3)=C12. The van der Waals surface area contributed by atoms with Crippen molar-refractivity contribution in [2.45, 2.75) is 38.2 Å². The highest BCUT2D eigenvalue weighted by Crippen LogP contribution is 2.39. The first-order chi connectivity index (χ1) is 15.1. The smallest absolute Gasteiger partial charge is 0.407 e. The number of anilines is 2. The number of fused-ring (bicyclic) bond motifs is 1. The molecule has 2 aromatic rings. The standard InChI is InChI=1S/C24H29N5O2/c1-27-24(30)31-20-6-4-2-3-5-19-21(20)23(16-9-13-18(26)14-10-16)29-28-22(19)15-7-11-17(25)12-8-15/h7-14,19-20,29H,2-6,25-26H2,1H3,(H,27,30). The number of alkyl carbamates (subject to hydrolysis) is 1. The molecular weight excluding hydrogens is 390 g/mol. The van der Waals surface area contributed by atoms with Gasteiger partial charge in [0.25, 0.3) is 0 Å². The second-order valence-electron chi connectivity index (χ2n) is 8.02. The number of carbonyl (C=O) groups excluding carboxylic acids is 1. The van der Waals surface area contributed by atoms with Crippen molar-refractivity contribution < 1.29 is 9.53 Å². The van der Waals surface area contributed by atoms with Crippen molar-refractivity contribution in [2.24, 2.45) is 11.0 Å². The molecule has 7 nitrogen and oxygen atoms in total. The quantitative estimate of drug-likeness (QED) is 0.564. The largest absolute Gasteiger partial charge is 0.442 e. The Morgan fingerprint density at radius 1 is 0.968 bits per heavy atom. The van der Waals surface area contributed by atoms with Crippen molar-refractivity contribution in [2.75, 3.05) is 18.5 Å². The summed E-state index contributed by atoms with van der Waals surface area (Å²) in [7, 11) is 1.58. The predicted molar refractivity (Wildman–Crippen MR) is 124 cm³/mol. The van der Waals surface area contributed by atoms with E-state index in [9.17, 15) is 4.79 Å². The van der Waals surface area contributed by atoms with Crippen LogP contribution in [-0.4, -0.2) is 25.0 Å². The molecule has 2 aromatic carbocycles. The summed E-state index contributed by atoms with van der Waals surface area (Å²) in [5.74, 6) is 0.0346. The summed E-state index contributed by atoms with van der Waals surface area (Å²) in [6, 6.07) is 15.5. The molecule has 0 aromatic heterocycles. The molecule has 0 radical (unpaired) electrons. The van der Waals surface area contributed by atoms with Gasteiger partial charge in [0.2, 0.25) is 0 Å². The Kier molecular flexibility index (Phi) is 6.11. The third-order valence-corrected chi connectivity index (χ3v) is 5.95. The van der Waals surface area contributed by atoms with Gasteiger partial charge < -0.3 is 21.5 Å². The van der Waals surface area contributed by atoms with Crippen molar-refractivity contribution in [1.82, 2.24) is 10.7 Å². The Balaban J connectivity index is 1.82. The fourth-order valence-corrected chi connectivity index (χ4v) is 4.38. The average Bonchev–Trinajstić information content (AvgIpc) is 2.77. The minimum atomic E-state index is -0.426. The van der Waals surface area contributed by atoms with E-state index in [0.29, 0.717) is 11.4 Å². The topological polar surface area (TPSA) is 115 Å². The van der Waals surface area contributed by atoms with E-state index in [1.165, 1.54) is 0 Å². The lowest BCUT2D eigenvalue weighted by molar-refractivity contribution is 0.105. The van der Waals surface area contributed by atoms with Crippen molar-refractivity contribution in [3.8, 4) is 0 Å². The zero-order valence-corrected chi connectivity index (χ0v) is 17.7. The van der Waals surface area contributed by atoms with E-state index in [1.54, 1.807) is 7.05 Å². The number of ether oxygens (including phenoxy) is 1. The zero-order valence-electron chi connectivity index (χ0n) is 17.7. The van der Waals surface area contributed by atoms with Crippen molar-refractivity contribution in [3.63, 3.8) is 0 Å². The molecule has 2 aliphatic rings. The number of nitrogens with two attached hydrogens (primary N) is 2. The van der Waals surface area contributed by atoms with Crippen molar-refractivity contribution in [1.29, 1.82) is 0 Å². The van der Waals surface area contributed by atoms with Crippen LogP contribution in [-0.2, 0) is 4.74 Å². The molecule has 7 heteroatoms. The van der Waals surface area contributed by atoms with Crippen LogP contribution < -0.4 is 22.2 Å². The molecule has 1 aliphatic carbocycles. The van der Waals surface area contributed by atoms with Gasteiger partial charge in [-0.2, -0.15) is 5.10 Å². The molecule has 1 aliphatic heterocycles. The molecule has 2 unspecified atom stereocenters. The van der Waals surface area contributed by atoms with Crippen LogP contribution in [0.1, 0.15) is 43.2 Å². The molecule has 0 spiro atoms. The van der Waals surface area contributed by atoms with Gasteiger partial charge in [0, 0.05) is 29.9 Å². The molecular formula is C24H29N5O2. The number of amides is 1. The zero-order chi connectivity index (χ0) is 21.8. The minimum absolute atomic E-state index is 0.0346. The monoisotopic (exact) mass is 419 g/mol. The van der Waals surface area contributed by atoms with Gasteiger partial charge in [-0.05, 0) is 54.7 Å². The summed E-state index contributed by atoms with van der Waals surface area (Å²) in [5, 5.41) is 7.37. The lowest BCUT2D eigenvalue weighted by Gasteiger charge is -2.35. The number of hydrazone groups is 1. The van der Waals surface area contributed by atoms with Gasteiger partial charge in [-0.3, -0.25) is 5.43 Å². The number of nitrogen functional groups attached to an aromatic ring is 2. The maximum atomic E-state index is 12.2. The Morgan fingerprint density at radius 3 is 2.23 bits per heavy atom. The molecule has 162 valence electrons. The van der Waals surface area contributed by atoms with Crippen LogP contribution in [0.5, 0.6) is 0 Å². The molecule has 1 amide bonds. The number of hydrogen-bond acceptors (Lipinski definition) is 6. The van der Waals surface area contributed by atoms with E-state index in [0.717, 1.165) is 60.2 Å². The Morgan fingerprint density at radius 2 is 1.58 bits per heavy atom. The lowest BCUT2D eigenvalue weighted by Crippen LogP contribution is -2.38. The third kappa shape index (κ3) is 4.50. The molecule has 1 heterocycles. The van der Waals surface area contributed by atoms with Crippen LogP contribution in [0, 0.1) is 5.92 Å². The number of carbonyl (C=O) groups is 1. The highest BCUT2D eigenvalue weighted by atomic mass is 16.6. The van der Waals surface area contributed by atoms with Crippen molar-refractivity contribution in [3.05, 3.63) is 65.2 Å². The fraction of sp³-hybridized carbons (Fsp3) is 0.333. The van der Waals surface area contributed by atoms with E-state index in [2.05, 4.69) is 10.7 Å². The van der Waals surface area contributed by atoms with Crippen molar-refractivity contribution >= 4 is 28.9 Å². The van der Waals surface area contributed by atoms with Gasteiger partial charge in [-0.25, -0.2) is 4.79 Å². The van der Waals surface area contributed by atoms with Crippen LogP contribution in [0.15, 0.2) is 59.2 Å². The molecule has 31 heavy (non-hydrogen) atoms. The fourth-order valence-electron chi connectivity index (χ4n) is 4.38. The van der Waals surface area contributed by atoms with Gasteiger partial charge >= 0.3 is 6.09 Å². The first-order valence-electron chi connectivity index (χ1n) is 10.7. The molecule has 0 bridgehead atoms. The van der Waals surface area contributed by atoms with Crippen LogP contribution >= 0.6 is 0 Å². The van der Waals surface area contributed by atoms with E-state index < -0.39 is 6.09 Å². The van der Waals surface area contributed by atoms with Gasteiger partial charge in [-0.15, -0.1) is 0 Å². The molecule has 1 fully saturated rings. The van der Waals surface area contributed by atoms with Crippen LogP contribution in [0.25, 0.3) is 5.70 Å². The van der Waals surface area contributed by atoms with Gasteiger partial charge in [0.15, 0.2) is 0 Å². The summed E-state index contributed by atoms with van der Waals surface area (Å²) in [6.07, 6.45) is 4.12. The van der Waals surface area contributed by atoms with E-state index >= 15 is 0 Å². The molecule has 0 saturated heterocycles. The third-order valence-electron chi connectivity index (χ3n) is 5.95. The molecule has 1 saturated carbocycles. The van der Waals surface area contributed by atoms with Crippen LogP contribution in [0.3, 0.4) is 0 Å². The van der Waals surface area contributed by atoms with Crippen LogP contribution in [0.2, 0.25) is 0 Å². The Labute approximate surface area is 182 Å². The summed E-state index contributed by atoms with van der Waals surface area (Å²) >= 11 is 0. The molecule has 4 rings (SSSR count). The molecule has 6 N–H and O–H groups in total. The van der Waals surface area contributed by atoms with E-state index in [4.69, 9.17) is 21.3 Å². The first-order valence-corrected chi connectivity index (χ1v) is 10.7. The Hall–Kier alpha value is -3.48. The van der Waals surface area contributed by atoms with Gasteiger partial charge in [0.1, 0.15) is 6.10 Å². The highest BCUT2D eigenvalue weighted by Gasteiger charge is 2.36. The summed E-state index contributed by atoms with van der Waals surface area (Å²) in [4.78, 5) is 12.2. The summed E-state index contributed by atoms with van der Waals surface area (Å²) in [5.41, 5.74) is 21.4. The first kappa shape index (κ1) is 20.8. The summed E-state index contributed by atoms with van der Waals surface area (Å²) < 4.78 is 5.88. The maximum Gasteiger partial charge on any atom is 0.407 e. The number of rotatable bonds is 3. The Bertz CT molecular complexity index is 996. The van der Waals surface area contributed by atoms with E-state index in [-0.39, 0.29) is 12.0 Å². The second kappa shape index (κ2) is 9.12. The number of hydrogen-bond donors (Lipinski definition) is 4. The normalized spacial score (nSPS) is 21.1. The van der Waals surface area contributed by atoms with Gasteiger partial charge in [0.05, 0.1) is 11.4 Å². The number of nitrogens with one attached hydrogen (secondary N) is 2. The number of nitrogens with zero attached hydrogens (tertiary/aromatic N) is 1.